The Labute approximate surface area is 165 Å². The molecule has 0 radical (unpaired) electrons. The average molecular weight is 397 g/mol. The number of aromatic nitrogens is 3. The quantitative estimate of drug-likeness (QED) is 0.712. The second-order valence-corrected chi connectivity index (χ2v) is 7.19. The summed E-state index contributed by atoms with van der Waals surface area (Å²) in [5, 5.41) is 9.18. The smallest absolute Gasteiger partial charge is 0.274 e. The van der Waals surface area contributed by atoms with Crippen molar-refractivity contribution in [2.75, 3.05) is 31.6 Å². The number of ether oxygens (including phenoxy) is 1. The highest BCUT2D eigenvalue weighted by molar-refractivity contribution is 7.13. The third kappa shape index (κ3) is 4.10. The van der Waals surface area contributed by atoms with Crippen LogP contribution < -0.4 is 5.32 Å². The Hall–Kier alpha value is -3.04. The number of anilines is 1. The van der Waals surface area contributed by atoms with Crippen LogP contribution in [-0.2, 0) is 16.1 Å². The molecule has 3 aromatic heterocycles. The van der Waals surface area contributed by atoms with E-state index in [1.165, 1.54) is 11.3 Å². The molecular weight excluding hydrogens is 378 g/mol. The van der Waals surface area contributed by atoms with Crippen LogP contribution in [0, 0.1) is 0 Å². The van der Waals surface area contributed by atoms with E-state index in [1.807, 2.05) is 17.5 Å². The number of pyridine rings is 1. The molecule has 1 N–H and O–H groups in total. The molecule has 144 valence electrons. The molecule has 1 fully saturated rings. The van der Waals surface area contributed by atoms with Crippen LogP contribution in [0.2, 0.25) is 0 Å². The van der Waals surface area contributed by atoms with Gasteiger partial charge in [-0.05, 0) is 29.6 Å². The van der Waals surface area contributed by atoms with Crippen LogP contribution in [0.25, 0.3) is 10.6 Å². The summed E-state index contributed by atoms with van der Waals surface area (Å²) in [4.78, 5) is 31.9. The number of hydrogen-bond donors (Lipinski definition) is 1. The molecule has 9 heteroatoms. The van der Waals surface area contributed by atoms with E-state index >= 15 is 0 Å². The fourth-order valence-electron chi connectivity index (χ4n) is 2.97. The van der Waals surface area contributed by atoms with Gasteiger partial charge < -0.3 is 15.0 Å². The number of carbonyl (C=O) groups is 2. The summed E-state index contributed by atoms with van der Waals surface area (Å²) in [5.74, 6) is -0.383. The highest BCUT2D eigenvalue weighted by Crippen LogP contribution is 2.26. The molecule has 4 rings (SSSR count). The monoisotopic (exact) mass is 397 g/mol. The van der Waals surface area contributed by atoms with Crippen LogP contribution in [0.15, 0.2) is 48.1 Å². The summed E-state index contributed by atoms with van der Waals surface area (Å²) in [6, 6.07) is 9.14. The highest BCUT2D eigenvalue weighted by atomic mass is 32.1. The van der Waals surface area contributed by atoms with Crippen molar-refractivity contribution in [3.63, 3.8) is 0 Å². The normalized spacial score (nSPS) is 14.1. The minimum absolute atomic E-state index is 0.00147. The van der Waals surface area contributed by atoms with Gasteiger partial charge in [-0.1, -0.05) is 6.07 Å². The fourth-order valence-corrected chi connectivity index (χ4v) is 3.71. The lowest BCUT2D eigenvalue weighted by Gasteiger charge is -2.25. The molecule has 1 aliphatic rings. The van der Waals surface area contributed by atoms with Gasteiger partial charge >= 0.3 is 0 Å². The maximum atomic E-state index is 12.8. The fraction of sp³-hybridized carbons (Fsp3) is 0.263. The molecule has 0 aliphatic carbocycles. The molecule has 0 bridgehead atoms. The zero-order valence-electron chi connectivity index (χ0n) is 15.1. The average Bonchev–Trinajstić information content (AvgIpc) is 3.38. The molecule has 3 aromatic rings. The van der Waals surface area contributed by atoms with E-state index in [4.69, 9.17) is 4.74 Å². The van der Waals surface area contributed by atoms with E-state index in [1.54, 1.807) is 40.2 Å². The Kier molecular flexibility index (Phi) is 5.45. The molecule has 8 nitrogen and oxygen atoms in total. The number of hydrogen-bond acceptors (Lipinski definition) is 6. The second-order valence-electron chi connectivity index (χ2n) is 6.24. The first-order valence-electron chi connectivity index (χ1n) is 8.89. The van der Waals surface area contributed by atoms with Crippen molar-refractivity contribution in [1.82, 2.24) is 19.7 Å². The summed E-state index contributed by atoms with van der Waals surface area (Å²) in [5.41, 5.74) is 1.69. The molecule has 2 amide bonds. The van der Waals surface area contributed by atoms with Crippen LogP contribution in [0.5, 0.6) is 0 Å². The first-order valence-corrected chi connectivity index (χ1v) is 9.77. The van der Waals surface area contributed by atoms with Crippen molar-refractivity contribution in [3.05, 3.63) is 53.8 Å². The standard InChI is InChI=1S/C19H19N5O3S/c25-18(21-14-3-1-5-20-12-14)13-24-16(17-4-2-10-28-17)11-15(22-24)19(26)23-6-8-27-9-7-23/h1-5,10-12H,6-9,13H2,(H,21,25). The highest BCUT2D eigenvalue weighted by Gasteiger charge is 2.23. The molecule has 0 unspecified atom stereocenters. The third-order valence-electron chi connectivity index (χ3n) is 4.31. The van der Waals surface area contributed by atoms with E-state index < -0.39 is 0 Å². The summed E-state index contributed by atoms with van der Waals surface area (Å²) < 4.78 is 6.88. The van der Waals surface area contributed by atoms with Crippen LogP contribution in [0.4, 0.5) is 5.69 Å². The lowest BCUT2D eigenvalue weighted by Crippen LogP contribution is -2.40. The van der Waals surface area contributed by atoms with Gasteiger partial charge in [0.05, 0.1) is 35.7 Å². The summed E-state index contributed by atoms with van der Waals surface area (Å²) in [6.45, 7) is 2.14. The van der Waals surface area contributed by atoms with Gasteiger partial charge in [-0.15, -0.1) is 11.3 Å². The van der Waals surface area contributed by atoms with E-state index in [9.17, 15) is 9.59 Å². The zero-order chi connectivity index (χ0) is 19.3. The first kappa shape index (κ1) is 18.3. The van der Waals surface area contributed by atoms with Crippen molar-refractivity contribution in [2.45, 2.75) is 6.54 Å². The molecule has 0 atom stereocenters. The van der Waals surface area contributed by atoms with E-state index in [0.29, 0.717) is 37.7 Å². The number of morpholine rings is 1. The maximum absolute atomic E-state index is 12.8. The predicted octanol–water partition coefficient (Wildman–Crippen LogP) is 2.12. The Morgan fingerprint density at radius 3 is 2.79 bits per heavy atom. The van der Waals surface area contributed by atoms with Crippen molar-refractivity contribution in [3.8, 4) is 10.6 Å². The van der Waals surface area contributed by atoms with Crippen molar-refractivity contribution >= 4 is 28.8 Å². The Morgan fingerprint density at radius 1 is 1.21 bits per heavy atom. The number of nitrogens with zero attached hydrogens (tertiary/aromatic N) is 4. The Morgan fingerprint density at radius 2 is 2.07 bits per heavy atom. The largest absolute Gasteiger partial charge is 0.378 e. The molecular formula is C19H19N5O3S. The van der Waals surface area contributed by atoms with Gasteiger partial charge in [0.2, 0.25) is 5.91 Å². The van der Waals surface area contributed by atoms with E-state index in [-0.39, 0.29) is 18.4 Å². The number of thiophene rings is 1. The minimum atomic E-state index is -0.237. The maximum Gasteiger partial charge on any atom is 0.274 e. The number of nitrogens with one attached hydrogen (secondary N) is 1. The van der Waals surface area contributed by atoms with Crippen molar-refractivity contribution in [2.24, 2.45) is 0 Å². The summed E-state index contributed by atoms with van der Waals surface area (Å²) in [6.07, 6.45) is 3.22. The van der Waals surface area contributed by atoms with E-state index in [0.717, 1.165) is 10.6 Å². The zero-order valence-corrected chi connectivity index (χ0v) is 15.9. The van der Waals surface area contributed by atoms with Gasteiger partial charge in [0.15, 0.2) is 5.69 Å². The van der Waals surface area contributed by atoms with Crippen molar-refractivity contribution < 1.29 is 14.3 Å². The van der Waals surface area contributed by atoms with Crippen LogP contribution in [0.3, 0.4) is 0 Å². The molecule has 4 heterocycles. The number of amides is 2. The van der Waals surface area contributed by atoms with Gasteiger partial charge in [0, 0.05) is 19.3 Å². The predicted molar refractivity (Wildman–Crippen MR) is 105 cm³/mol. The minimum Gasteiger partial charge on any atom is -0.378 e. The van der Waals surface area contributed by atoms with Gasteiger partial charge in [0.1, 0.15) is 6.54 Å². The van der Waals surface area contributed by atoms with Gasteiger partial charge in [-0.2, -0.15) is 5.10 Å². The molecule has 28 heavy (non-hydrogen) atoms. The third-order valence-corrected chi connectivity index (χ3v) is 5.20. The second kappa shape index (κ2) is 8.32. The van der Waals surface area contributed by atoms with Crippen LogP contribution >= 0.6 is 11.3 Å². The lowest BCUT2D eigenvalue weighted by molar-refractivity contribution is -0.116. The topological polar surface area (TPSA) is 89.4 Å². The molecule has 0 spiro atoms. The molecule has 0 saturated carbocycles. The molecule has 0 aromatic carbocycles. The van der Waals surface area contributed by atoms with Crippen LogP contribution in [-0.4, -0.2) is 57.8 Å². The van der Waals surface area contributed by atoms with E-state index in [2.05, 4.69) is 15.4 Å². The summed E-state index contributed by atoms with van der Waals surface area (Å²) >= 11 is 1.53. The first-order chi connectivity index (χ1) is 13.7. The van der Waals surface area contributed by atoms with Crippen molar-refractivity contribution in [1.29, 1.82) is 0 Å². The number of carbonyl (C=O) groups excluding carboxylic acids is 2. The Bertz CT molecular complexity index is 949. The van der Waals surface area contributed by atoms with Gasteiger partial charge in [-0.25, -0.2) is 0 Å². The lowest BCUT2D eigenvalue weighted by atomic mass is 10.2. The van der Waals surface area contributed by atoms with Gasteiger partial charge in [-0.3, -0.25) is 19.3 Å². The SMILES string of the molecule is O=C(Cn1nc(C(=O)N2CCOCC2)cc1-c1cccs1)Nc1cccnc1. The number of rotatable bonds is 5. The molecule has 1 saturated heterocycles. The van der Waals surface area contributed by atoms with Crippen LogP contribution in [0.1, 0.15) is 10.5 Å². The van der Waals surface area contributed by atoms with Gasteiger partial charge in [0.25, 0.3) is 5.91 Å². The Balaban J connectivity index is 1.57. The molecule has 1 aliphatic heterocycles. The summed E-state index contributed by atoms with van der Waals surface area (Å²) in [7, 11) is 0.